The van der Waals surface area contributed by atoms with Gasteiger partial charge in [-0.3, -0.25) is 19.7 Å². The number of carbonyl (C=O) groups is 2. The summed E-state index contributed by atoms with van der Waals surface area (Å²) in [7, 11) is 0. The molecule has 2 aromatic carbocycles. The van der Waals surface area contributed by atoms with Crippen LogP contribution in [0.4, 0.5) is 14.5 Å². The Kier molecular flexibility index (Phi) is 6.26. The first-order valence-corrected chi connectivity index (χ1v) is 12.1. The molecule has 1 aromatic heterocycles. The number of rotatable bonds is 4. The molecule has 2 amide bonds. The summed E-state index contributed by atoms with van der Waals surface area (Å²) in [5, 5.41) is 11.3. The van der Waals surface area contributed by atoms with Crippen molar-refractivity contribution in [3.63, 3.8) is 0 Å². The number of aryl methyl sites for hydroxylation is 1. The highest BCUT2D eigenvalue weighted by molar-refractivity contribution is 5.95. The second-order valence-electron chi connectivity index (χ2n) is 9.76. The van der Waals surface area contributed by atoms with Crippen molar-refractivity contribution in [2.45, 2.75) is 26.2 Å². The summed E-state index contributed by atoms with van der Waals surface area (Å²) in [6.45, 7) is 3.16. The van der Waals surface area contributed by atoms with Gasteiger partial charge in [0.1, 0.15) is 23.0 Å². The Balaban J connectivity index is 1.25. The molecule has 1 spiro atoms. The zero-order valence-electron chi connectivity index (χ0n) is 20.2. The Labute approximate surface area is 211 Å². The summed E-state index contributed by atoms with van der Waals surface area (Å²) in [6, 6.07) is 11.7. The van der Waals surface area contributed by atoms with Crippen molar-refractivity contribution in [3.05, 3.63) is 87.2 Å². The number of amides is 2. The number of likely N-dealkylation sites (tertiary alicyclic amines) is 2. The molecular weight excluding hydrogens is 484 g/mol. The number of furan rings is 1. The van der Waals surface area contributed by atoms with Gasteiger partial charge in [-0.2, -0.15) is 0 Å². The molecule has 0 aliphatic carbocycles. The molecule has 2 saturated heterocycles. The molecule has 3 aromatic rings. The van der Waals surface area contributed by atoms with E-state index in [0.717, 1.165) is 12.5 Å². The predicted molar refractivity (Wildman–Crippen MR) is 130 cm³/mol. The van der Waals surface area contributed by atoms with E-state index in [9.17, 15) is 28.5 Å². The van der Waals surface area contributed by atoms with Crippen molar-refractivity contribution < 1.29 is 27.7 Å². The van der Waals surface area contributed by atoms with Crippen LogP contribution in [-0.4, -0.2) is 52.7 Å². The topological polar surface area (TPSA) is 96.9 Å². The van der Waals surface area contributed by atoms with E-state index in [2.05, 4.69) is 0 Å². The normalized spacial score (nSPS) is 16.8. The number of nitro benzene ring substituents is 1. The van der Waals surface area contributed by atoms with Gasteiger partial charge in [-0.25, -0.2) is 8.78 Å². The Morgan fingerprint density at radius 1 is 0.946 bits per heavy atom. The minimum Gasteiger partial charge on any atom is -0.451 e. The number of hydrogen-bond donors (Lipinski definition) is 0. The number of piperidine rings is 1. The highest BCUT2D eigenvalue weighted by Gasteiger charge is 2.44. The third-order valence-corrected chi connectivity index (χ3v) is 7.52. The van der Waals surface area contributed by atoms with E-state index in [1.54, 1.807) is 29.2 Å². The van der Waals surface area contributed by atoms with Gasteiger partial charge >= 0.3 is 0 Å². The average Bonchev–Trinajstić information content (AvgIpc) is 3.55. The lowest BCUT2D eigenvalue weighted by molar-refractivity contribution is -0.384. The van der Waals surface area contributed by atoms with Gasteiger partial charge in [0, 0.05) is 32.2 Å². The summed E-state index contributed by atoms with van der Waals surface area (Å²) in [5.41, 5.74) is -0.313. The number of halogens is 2. The SMILES string of the molecule is Cc1ccc(F)c(C(=O)N2CCC3(CCN(C(=O)c4ccc(-c5ccccc5[N+](=O)[O-])o4)C3)CC2)c1F. The Morgan fingerprint density at radius 3 is 2.32 bits per heavy atom. The molecule has 0 atom stereocenters. The summed E-state index contributed by atoms with van der Waals surface area (Å²) in [5.74, 6) is -2.32. The largest absolute Gasteiger partial charge is 0.451 e. The monoisotopic (exact) mass is 509 g/mol. The van der Waals surface area contributed by atoms with Crippen LogP contribution in [0.1, 0.15) is 45.7 Å². The number of para-hydroxylation sites is 1. The third kappa shape index (κ3) is 4.47. The molecule has 8 nitrogen and oxygen atoms in total. The standard InChI is InChI=1S/C27H25F2N3O5/c1-17-6-7-19(28)23(24(17)29)26(34)30-13-10-27(11-14-30)12-15-31(16-27)25(33)22-9-8-21(37-22)18-4-2-3-5-20(18)32(35)36/h2-9H,10-16H2,1H3. The van der Waals surface area contributed by atoms with Crippen LogP contribution in [0.25, 0.3) is 11.3 Å². The van der Waals surface area contributed by atoms with Crippen LogP contribution < -0.4 is 0 Å². The molecule has 0 bridgehead atoms. The van der Waals surface area contributed by atoms with Crippen LogP contribution in [0.5, 0.6) is 0 Å². The molecule has 0 N–H and O–H groups in total. The first-order valence-electron chi connectivity index (χ1n) is 12.1. The fourth-order valence-corrected chi connectivity index (χ4v) is 5.31. The van der Waals surface area contributed by atoms with Crippen molar-refractivity contribution in [2.24, 2.45) is 5.41 Å². The van der Waals surface area contributed by atoms with Gasteiger partial charge < -0.3 is 14.2 Å². The van der Waals surface area contributed by atoms with Crippen molar-refractivity contribution >= 4 is 17.5 Å². The van der Waals surface area contributed by atoms with Gasteiger partial charge in [0.25, 0.3) is 17.5 Å². The van der Waals surface area contributed by atoms with Crippen LogP contribution in [0.2, 0.25) is 0 Å². The van der Waals surface area contributed by atoms with E-state index >= 15 is 0 Å². The molecule has 2 aliphatic heterocycles. The first-order chi connectivity index (χ1) is 17.7. The fraction of sp³-hybridized carbons (Fsp3) is 0.333. The Bertz CT molecular complexity index is 1390. The van der Waals surface area contributed by atoms with Crippen LogP contribution in [0, 0.1) is 34.1 Å². The Hall–Kier alpha value is -4.08. The number of nitro groups is 1. The van der Waals surface area contributed by atoms with Crippen LogP contribution in [-0.2, 0) is 0 Å². The number of hydrogen-bond acceptors (Lipinski definition) is 5. The fourth-order valence-electron chi connectivity index (χ4n) is 5.31. The molecule has 192 valence electrons. The molecule has 5 rings (SSSR count). The quantitative estimate of drug-likeness (QED) is 0.355. The molecule has 0 radical (unpaired) electrons. The lowest BCUT2D eigenvalue weighted by atomic mass is 9.77. The van der Waals surface area contributed by atoms with E-state index in [4.69, 9.17) is 4.42 Å². The minimum atomic E-state index is -0.871. The minimum absolute atomic E-state index is 0.100. The molecule has 10 heteroatoms. The highest BCUT2D eigenvalue weighted by atomic mass is 19.1. The smallest absolute Gasteiger partial charge is 0.289 e. The summed E-state index contributed by atoms with van der Waals surface area (Å²) < 4.78 is 34.4. The van der Waals surface area contributed by atoms with Crippen molar-refractivity contribution in [2.75, 3.05) is 26.2 Å². The van der Waals surface area contributed by atoms with Crippen molar-refractivity contribution in [1.29, 1.82) is 0 Å². The zero-order valence-corrected chi connectivity index (χ0v) is 20.2. The molecular formula is C27H25F2N3O5. The lowest BCUT2D eigenvalue weighted by Crippen LogP contribution is -2.45. The van der Waals surface area contributed by atoms with Gasteiger partial charge in [0.15, 0.2) is 5.76 Å². The van der Waals surface area contributed by atoms with E-state index in [1.807, 2.05) is 0 Å². The Morgan fingerprint density at radius 2 is 1.62 bits per heavy atom. The molecule has 2 aliphatic rings. The molecule has 3 heterocycles. The maximum atomic E-state index is 14.5. The maximum Gasteiger partial charge on any atom is 0.289 e. The summed E-state index contributed by atoms with van der Waals surface area (Å²) in [6.07, 6.45) is 1.96. The summed E-state index contributed by atoms with van der Waals surface area (Å²) in [4.78, 5) is 40.0. The van der Waals surface area contributed by atoms with E-state index in [1.165, 1.54) is 30.0 Å². The first kappa shape index (κ1) is 24.6. The van der Waals surface area contributed by atoms with Crippen LogP contribution in [0.3, 0.4) is 0 Å². The van der Waals surface area contributed by atoms with Crippen molar-refractivity contribution in [3.8, 4) is 11.3 Å². The molecule has 2 fully saturated rings. The zero-order chi connectivity index (χ0) is 26.3. The van der Waals surface area contributed by atoms with Gasteiger partial charge in [-0.05, 0) is 61.4 Å². The number of benzene rings is 2. The van der Waals surface area contributed by atoms with Crippen LogP contribution >= 0.6 is 0 Å². The highest BCUT2D eigenvalue weighted by Crippen LogP contribution is 2.41. The molecule has 0 unspecified atom stereocenters. The van der Waals surface area contributed by atoms with E-state index in [-0.39, 0.29) is 34.1 Å². The second kappa shape index (κ2) is 9.42. The van der Waals surface area contributed by atoms with Gasteiger partial charge in [-0.15, -0.1) is 0 Å². The maximum absolute atomic E-state index is 14.5. The summed E-state index contributed by atoms with van der Waals surface area (Å²) >= 11 is 0. The van der Waals surface area contributed by atoms with Gasteiger partial charge in [0.2, 0.25) is 0 Å². The van der Waals surface area contributed by atoms with Gasteiger partial charge in [-0.1, -0.05) is 18.2 Å². The third-order valence-electron chi connectivity index (χ3n) is 7.52. The van der Waals surface area contributed by atoms with Crippen LogP contribution in [0.15, 0.2) is 52.9 Å². The molecule has 0 saturated carbocycles. The molecule has 37 heavy (non-hydrogen) atoms. The average molecular weight is 510 g/mol. The number of carbonyl (C=O) groups excluding carboxylic acids is 2. The van der Waals surface area contributed by atoms with E-state index < -0.39 is 28.0 Å². The number of nitrogens with zero attached hydrogens (tertiary/aromatic N) is 3. The van der Waals surface area contributed by atoms with Crippen molar-refractivity contribution in [1.82, 2.24) is 9.80 Å². The lowest BCUT2D eigenvalue weighted by Gasteiger charge is -2.39. The van der Waals surface area contributed by atoms with Gasteiger partial charge in [0.05, 0.1) is 10.5 Å². The predicted octanol–water partition coefficient (Wildman–Crippen LogP) is 5.21. The second-order valence-corrected chi connectivity index (χ2v) is 9.76. The van der Waals surface area contributed by atoms with E-state index in [0.29, 0.717) is 44.6 Å².